The smallest absolute Gasteiger partial charge is 0.421 e. The molecule has 0 spiro atoms. The van der Waals surface area contributed by atoms with Crippen LogP contribution in [0.4, 0.5) is 10.5 Å². The Morgan fingerprint density at radius 1 is 1.09 bits per heavy atom. The van der Waals surface area contributed by atoms with Crippen LogP contribution in [-0.2, 0) is 24.5 Å². The maximum atomic E-state index is 14.4. The summed E-state index contributed by atoms with van der Waals surface area (Å²) in [5.74, 6) is -2.08. The van der Waals surface area contributed by atoms with Crippen LogP contribution >= 0.6 is 0 Å². The Kier molecular flexibility index (Phi) is 5.59. The van der Waals surface area contributed by atoms with Crippen molar-refractivity contribution in [2.75, 3.05) is 4.90 Å². The van der Waals surface area contributed by atoms with Gasteiger partial charge in [0.15, 0.2) is 5.78 Å². The molecule has 176 valence electrons. The summed E-state index contributed by atoms with van der Waals surface area (Å²) in [6.07, 6.45) is 0.844. The van der Waals surface area contributed by atoms with Gasteiger partial charge in [0, 0.05) is 12.3 Å². The molecule has 1 aliphatic carbocycles. The molecule has 1 heterocycles. The molecule has 2 amide bonds. The van der Waals surface area contributed by atoms with E-state index in [-0.39, 0.29) is 24.4 Å². The van der Waals surface area contributed by atoms with Crippen molar-refractivity contribution in [2.45, 2.75) is 51.6 Å². The number of nitrogens with zero attached hydrogens (tertiary/aromatic N) is 1. The minimum atomic E-state index is -1.53. The molecule has 0 bridgehead atoms. The molecule has 4 rings (SSSR count). The van der Waals surface area contributed by atoms with Gasteiger partial charge in [0.25, 0.3) is 5.91 Å². The van der Waals surface area contributed by atoms with Crippen LogP contribution in [0.3, 0.4) is 0 Å². The molecule has 1 saturated carbocycles. The van der Waals surface area contributed by atoms with E-state index < -0.39 is 34.3 Å². The monoisotopic (exact) mass is 459 g/mol. The zero-order chi connectivity index (χ0) is 24.9. The van der Waals surface area contributed by atoms with Crippen LogP contribution in [0.2, 0.25) is 0 Å². The zero-order valence-corrected chi connectivity index (χ0v) is 20.0. The molecule has 0 saturated heterocycles. The molecule has 0 unspecified atom stereocenters. The first-order chi connectivity index (χ1) is 16.0. The van der Waals surface area contributed by atoms with Gasteiger partial charge < -0.3 is 4.74 Å². The van der Waals surface area contributed by atoms with Gasteiger partial charge in [-0.3, -0.25) is 14.4 Å². The number of anilines is 1. The van der Waals surface area contributed by atoms with Crippen molar-refractivity contribution in [1.29, 1.82) is 0 Å². The Labute approximate surface area is 199 Å². The van der Waals surface area contributed by atoms with Crippen LogP contribution in [0, 0.1) is 11.3 Å². The standard InChI is InChI=1S/C28H29NO5/c1-6-16-27(5)22(30)17-20(23(27)31)28(18-12-8-7-9-13-18)19-14-10-11-15-21(19)29(24(28)32)25(33)34-26(2,3)4/h6-15,20H,1,16-17H2,2-5H3/t20-,27-,28-/m1/s1. The Morgan fingerprint density at radius 2 is 1.71 bits per heavy atom. The van der Waals surface area contributed by atoms with Gasteiger partial charge in [0.05, 0.1) is 11.1 Å². The number of benzene rings is 2. The number of imide groups is 1. The number of fused-ring (bicyclic) bond motifs is 1. The second-order valence-corrected chi connectivity index (χ2v) is 10.2. The van der Waals surface area contributed by atoms with Crippen LogP contribution in [0.15, 0.2) is 67.3 Å². The highest BCUT2D eigenvalue weighted by Crippen LogP contribution is 2.56. The van der Waals surface area contributed by atoms with Crippen LogP contribution < -0.4 is 4.90 Å². The molecule has 2 aromatic rings. The molecule has 1 fully saturated rings. The number of hydrogen-bond donors (Lipinski definition) is 0. The van der Waals surface area contributed by atoms with E-state index in [2.05, 4.69) is 6.58 Å². The van der Waals surface area contributed by atoms with Gasteiger partial charge in [-0.15, -0.1) is 6.58 Å². The van der Waals surface area contributed by atoms with Crippen molar-refractivity contribution < 1.29 is 23.9 Å². The maximum absolute atomic E-state index is 14.4. The fourth-order valence-corrected chi connectivity index (χ4v) is 5.29. The van der Waals surface area contributed by atoms with E-state index in [9.17, 15) is 19.2 Å². The number of ketones is 2. The number of rotatable bonds is 4. The Morgan fingerprint density at radius 3 is 2.32 bits per heavy atom. The quantitative estimate of drug-likeness (QED) is 0.475. The van der Waals surface area contributed by atoms with Gasteiger partial charge in [-0.2, -0.15) is 0 Å². The summed E-state index contributed by atoms with van der Waals surface area (Å²) >= 11 is 0. The largest absolute Gasteiger partial charge is 0.443 e. The highest BCUT2D eigenvalue weighted by Gasteiger charge is 2.66. The summed E-state index contributed by atoms with van der Waals surface area (Å²) in [6.45, 7) is 10.5. The van der Waals surface area contributed by atoms with Gasteiger partial charge in [-0.25, -0.2) is 9.69 Å². The molecule has 0 N–H and O–H groups in total. The van der Waals surface area contributed by atoms with Crippen LogP contribution in [-0.4, -0.2) is 29.2 Å². The molecule has 34 heavy (non-hydrogen) atoms. The molecule has 3 atom stereocenters. The van der Waals surface area contributed by atoms with E-state index in [0.29, 0.717) is 16.8 Å². The molecule has 6 heteroatoms. The summed E-state index contributed by atoms with van der Waals surface area (Å²) in [7, 11) is 0. The van der Waals surface area contributed by atoms with E-state index in [0.717, 1.165) is 4.90 Å². The summed E-state index contributed by atoms with van der Waals surface area (Å²) in [6, 6.07) is 15.9. The van der Waals surface area contributed by atoms with Crippen molar-refractivity contribution in [3.05, 3.63) is 78.4 Å². The lowest BCUT2D eigenvalue weighted by Gasteiger charge is -2.35. The predicted molar refractivity (Wildman–Crippen MR) is 128 cm³/mol. The number of ether oxygens (including phenoxy) is 1. The third kappa shape index (κ3) is 3.31. The number of amides is 2. The second kappa shape index (κ2) is 8.05. The molecule has 2 aromatic carbocycles. The first-order valence-electron chi connectivity index (χ1n) is 11.4. The lowest BCUT2D eigenvalue weighted by Crippen LogP contribution is -2.51. The second-order valence-electron chi connectivity index (χ2n) is 10.2. The summed E-state index contributed by atoms with van der Waals surface area (Å²) in [5, 5.41) is 0. The van der Waals surface area contributed by atoms with E-state index in [1.165, 1.54) is 0 Å². The maximum Gasteiger partial charge on any atom is 0.421 e. The van der Waals surface area contributed by atoms with Crippen molar-refractivity contribution in [2.24, 2.45) is 11.3 Å². The third-order valence-corrected chi connectivity index (χ3v) is 6.86. The van der Waals surface area contributed by atoms with Crippen LogP contribution in [0.25, 0.3) is 0 Å². The number of para-hydroxylation sites is 1. The molecule has 1 aliphatic heterocycles. The van der Waals surface area contributed by atoms with Crippen LogP contribution in [0.1, 0.15) is 51.7 Å². The van der Waals surface area contributed by atoms with Gasteiger partial charge >= 0.3 is 6.09 Å². The van der Waals surface area contributed by atoms with E-state index in [4.69, 9.17) is 4.74 Å². The fourth-order valence-electron chi connectivity index (χ4n) is 5.29. The van der Waals surface area contributed by atoms with Gasteiger partial charge in [0.1, 0.15) is 16.8 Å². The molecule has 0 aromatic heterocycles. The van der Waals surface area contributed by atoms with E-state index in [1.807, 2.05) is 6.07 Å². The fraction of sp³-hybridized carbons (Fsp3) is 0.357. The number of carbonyl (C=O) groups is 4. The summed E-state index contributed by atoms with van der Waals surface area (Å²) in [4.78, 5) is 55.7. The van der Waals surface area contributed by atoms with Crippen molar-refractivity contribution in [1.82, 2.24) is 0 Å². The SMILES string of the molecule is C=CC[C@]1(C)C(=O)C[C@@H]([C@]2(c3ccccc3)C(=O)N(C(=O)OC(C)(C)C)c3ccccc32)C1=O. The lowest BCUT2D eigenvalue weighted by atomic mass is 9.64. The van der Waals surface area contributed by atoms with Gasteiger partial charge in [-0.05, 0) is 51.3 Å². The summed E-state index contributed by atoms with van der Waals surface area (Å²) in [5.41, 5.74) is -2.17. The van der Waals surface area contributed by atoms with Crippen LogP contribution in [0.5, 0.6) is 0 Å². The first-order valence-corrected chi connectivity index (χ1v) is 11.4. The minimum absolute atomic E-state index is 0.0969. The Hall–Kier alpha value is -3.54. The average Bonchev–Trinajstić information content (AvgIpc) is 3.16. The van der Waals surface area contributed by atoms with Gasteiger partial charge in [0.2, 0.25) is 0 Å². The summed E-state index contributed by atoms with van der Waals surface area (Å²) < 4.78 is 5.57. The van der Waals surface area contributed by atoms with Crippen molar-refractivity contribution in [3.8, 4) is 0 Å². The zero-order valence-electron chi connectivity index (χ0n) is 20.0. The highest BCUT2D eigenvalue weighted by atomic mass is 16.6. The molecular formula is C28H29NO5. The third-order valence-electron chi connectivity index (χ3n) is 6.86. The normalized spacial score (nSPS) is 26.5. The molecule has 6 nitrogen and oxygen atoms in total. The first kappa shape index (κ1) is 23.6. The van der Waals surface area contributed by atoms with Crippen molar-refractivity contribution in [3.63, 3.8) is 0 Å². The minimum Gasteiger partial charge on any atom is -0.443 e. The highest BCUT2D eigenvalue weighted by molar-refractivity contribution is 6.26. The van der Waals surface area contributed by atoms with Gasteiger partial charge in [-0.1, -0.05) is 54.6 Å². The predicted octanol–water partition coefficient (Wildman–Crippen LogP) is 4.99. The number of hydrogen-bond acceptors (Lipinski definition) is 5. The topological polar surface area (TPSA) is 80.8 Å². The number of Topliss-reactive ketones (excluding diaryl/α,β-unsaturated/α-hetero) is 2. The Balaban J connectivity index is 1.98. The average molecular weight is 460 g/mol. The molecule has 0 radical (unpaired) electrons. The number of allylic oxidation sites excluding steroid dienone is 1. The van der Waals surface area contributed by atoms with E-state index >= 15 is 0 Å². The van der Waals surface area contributed by atoms with Crippen molar-refractivity contribution >= 4 is 29.3 Å². The lowest BCUT2D eigenvalue weighted by molar-refractivity contribution is -0.137. The molecular weight excluding hydrogens is 430 g/mol. The number of carbonyl (C=O) groups excluding carboxylic acids is 4. The van der Waals surface area contributed by atoms with E-state index in [1.54, 1.807) is 82.3 Å². The Bertz CT molecular complexity index is 1190. The molecule has 2 aliphatic rings.